The number of non-ortho nitro benzene ring substituents is 1. The van der Waals surface area contributed by atoms with E-state index in [-0.39, 0.29) is 18.0 Å². The number of carbonyl (C=O) groups excluding carboxylic acids is 1. The quantitative estimate of drug-likeness (QED) is 0.610. The van der Waals surface area contributed by atoms with Crippen LogP contribution in [0.5, 0.6) is 0 Å². The summed E-state index contributed by atoms with van der Waals surface area (Å²) in [6.07, 6.45) is 2.07. The highest BCUT2D eigenvalue weighted by Gasteiger charge is 2.11. The third-order valence-corrected chi connectivity index (χ3v) is 2.83. The van der Waals surface area contributed by atoms with Crippen LogP contribution in [0, 0.1) is 21.4 Å². The Kier molecular flexibility index (Phi) is 6.17. The highest BCUT2D eigenvalue weighted by Crippen LogP contribution is 2.14. The van der Waals surface area contributed by atoms with Crippen LogP contribution in [-0.2, 0) is 11.2 Å². The highest BCUT2D eigenvalue weighted by atomic mass is 16.6. The van der Waals surface area contributed by atoms with E-state index in [1.807, 2.05) is 13.0 Å². The van der Waals surface area contributed by atoms with Crippen LogP contribution in [0.4, 0.5) is 5.69 Å². The maximum Gasteiger partial charge on any atom is 0.269 e. The lowest BCUT2D eigenvalue weighted by atomic mass is 10.1. The standard InChI is InChI=1S/C14H17N3O3/c1-2-4-12(10-15)16-14(18)8-7-11-5-3-6-13(9-11)17(19)20/h3,5-6,9,12H,2,4,7-8H2,1H3,(H,16,18)/t12-/m0/s1. The van der Waals surface area contributed by atoms with Crippen molar-refractivity contribution in [3.05, 3.63) is 39.9 Å². The van der Waals surface area contributed by atoms with Crippen molar-refractivity contribution in [3.8, 4) is 6.07 Å². The van der Waals surface area contributed by atoms with Crippen molar-refractivity contribution < 1.29 is 9.72 Å². The molecule has 6 heteroatoms. The van der Waals surface area contributed by atoms with Gasteiger partial charge in [-0.25, -0.2) is 0 Å². The normalized spacial score (nSPS) is 11.4. The SMILES string of the molecule is CCC[C@@H](C#N)NC(=O)CCc1cccc([N+](=O)[O-])c1. The molecule has 106 valence electrons. The minimum atomic E-state index is -0.462. The van der Waals surface area contributed by atoms with Crippen molar-refractivity contribution in [2.45, 2.75) is 38.6 Å². The minimum absolute atomic E-state index is 0.0174. The van der Waals surface area contributed by atoms with E-state index in [1.165, 1.54) is 12.1 Å². The fourth-order valence-electron chi connectivity index (χ4n) is 1.81. The number of hydrogen-bond donors (Lipinski definition) is 1. The zero-order valence-corrected chi connectivity index (χ0v) is 11.3. The molecule has 0 aliphatic carbocycles. The Morgan fingerprint density at radius 3 is 2.90 bits per heavy atom. The second-order valence-corrected chi connectivity index (χ2v) is 4.46. The third kappa shape index (κ3) is 5.06. The van der Waals surface area contributed by atoms with E-state index in [4.69, 9.17) is 5.26 Å². The molecule has 1 amide bonds. The van der Waals surface area contributed by atoms with Crippen molar-refractivity contribution in [2.75, 3.05) is 0 Å². The molecule has 0 saturated carbocycles. The van der Waals surface area contributed by atoms with Gasteiger partial charge in [0.2, 0.25) is 5.91 Å². The predicted octanol–water partition coefficient (Wildman–Crippen LogP) is 2.34. The molecule has 0 aromatic heterocycles. The lowest BCUT2D eigenvalue weighted by Crippen LogP contribution is -2.33. The van der Waals surface area contributed by atoms with E-state index in [9.17, 15) is 14.9 Å². The molecule has 6 nitrogen and oxygen atoms in total. The summed E-state index contributed by atoms with van der Waals surface area (Å²) in [5, 5.41) is 22.1. The van der Waals surface area contributed by atoms with Gasteiger partial charge in [0.1, 0.15) is 6.04 Å². The molecule has 0 bridgehead atoms. The van der Waals surface area contributed by atoms with Gasteiger partial charge in [-0.05, 0) is 18.4 Å². The number of amides is 1. The monoisotopic (exact) mass is 275 g/mol. The maximum atomic E-state index is 11.7. The first-order valence-corrected chi connectivity index (χ1v) is 6.49. The van der Waals surface area contributed by atoms with Gasteiger partial charge in [-0.2, -0.15) is 5.26 Å². The molecule has 0 fully saturated rings. The van der Waals surface area contributed by atoms with Crippen molar-refractivity contribution in [3.63, 3.8) is 0 Å². The molecule has 1 atom stereocenters. The van der Waals surface area contributed by atoms with Crippen LogP contribution >= 0.6 is 0 Å². The van der Waals surface area contributed by atoms with Crippen LogP contribution in [-0.4, -0.2) is 16.9 Å². The number of rotatable bonds is 7. The zero-order chi connectivity index (χ0) is 15.0. The Bertz CT molecular complexity index is 523. The minimum Gasteiger partial charge on any atom is -0.340 e. The largest absolute Gasteiger partial charge is 0.340 e. The van der Waals surface area contributed by atoms with Crippen LogP contribution in [0.1, 0.15) is 31.7 Å². The number of nitro benzene ring substituents is 1. The first kappa shape index (κ1) is 15.6. The van der Waals surface area contributed by atoms with Crippen molar-refractivity contribution in [2.24, 2.45) is 0 Å². The number of hydrogen-bond acceptors (Lipinski definition) is 4. The summed E-state index contributed by atoms with van der Waals surface area (Å²) in [6, 6.07) is 7.79. The summed E-state index contributed by atoms with van der Waals surface area (Å²) >= 11 is 0. The van der Waals surface area contributed by atoms with Crippen LogP contribution < -0.4 is 5.32 Å². The highest BCUT2D eigenvalue weighted by molar-refractivity contribution is 5.76. The Hall–Kier alpha value is -2.42. The molecular formula is C14H17N3O3. The molecule has 20 heavy (non-hydrogen) atoms. The number of nitro groups is 1. The topological polar surface area (TPSA) is 96.0 Å². The van der Waals surface area contributed by atoms with Gasteiger partial charge < -0.3 is 5.32 Å². The predicted molar refractivity (Wildman–Crippen MR) is 73.9 cm³/mol. The number of nitriles is 1. The lowest BCUT2D eigenvalue weighted by molar-refractivity contribution is -0.384. The van der Waals surface area contributed by atoms with E-state index in [0.717, 1.165) is 12.0 Å². The Morgan fingerprint density at radius 1 is 1.55 bits per heavy atom. The van der Waals surface area contributed by atoms with Crippen molar-refractivity contribution in [1.82, 2.24) is 5.32 Å². The first-order valence-electron chi connectivity index (χ1n) is 6.49. The average molecular weight is 275 g/mol. The smallest absolute Gasteiger partial charge is 0.269 e. The van der Waals surface area contributed by atoms with Crippen LogP contribution in [0.3, 0.4) is 0 Å². The summed E-state index contributed by atoms with van der Waals surface area (Å²) in [4.78, 5) is 21.9. The van der Waals surface area contributed by atoms with E-state index in [0.29, 0.717) is 12.8 Å². The van der Waals surface area contributed by atoms with Crippen molar-refractivity contribution in [1.29, 1.82) is 5.26 Å². The third-order valence-electron chi connectivity index (χ3n) is 2.83. The summed E-state index contributed by atoms with van der Waals surface area (Å²) in [7, 11) is 0. The second kappa shape index (κ2) is 7.89. The van der Waals surface area contributed by atoms with Gasteiger partial charge >= 0.3 is 0 Å². The maximum absolute atomic E-state index is 11.7. The number of nitrogens with one attached hydrogen (secondary N) is 1. The van der Waals surface area contributed by atoms with E-state index in [1.54, 1.807) is 12.1 Å². The molecule has 0 radical (unpaired) electrons. The van der Waals surface area contributed by atoms with Gasteiger partial charge in [0.05, 0.1) is 11.0 Å². The Balaban J connectivity index is 2.51. The van der Waals surface area contributed by atoms with Gasteiger partial charge in [-0.15, -0.1) is 0 Å². The molecule has 0 aliphatic heterocycles. The van der Waals surface area contributed by atoms with Gasteiger partial charge in [-0.1, -0.05) is 25.5 Å². The summed E-state index contributed by atoms with van der Waals surface area (Å²) < 4.78 is 0. The number of nitrogens with zero attached hydrogens (tertiary/aromatic N) is 2. The molecular weight excluding hydrogens is 258 g/mol. The van der Waals surface area contributed by atoms with E-state index in [2.05, 4.69) is 5.32 Å². The van der Waals surface area contributed by atoms with Crippen LogP contribution in [0.15, 0.2) is 24.3 Å². The summed E-state index contributed by atoms with van der Waals surface area (Å²) in [5.74, 6) is -0.212. The lowest BCUT2D eigenvalue weighted by Gasteiger charge is -2.10. The molecule has 1 N–H and O–H groups in total. The Labute approximate surface area is 117 Å². The van der Waals surface area contributed by atoms with Gasteiger partial charge in [-0.3, -0.25) is 14.9 Å². The van der Waals surface area contributed by atoms with Crippen LogP contribution in [0.2, 0.25) is 0 Å². The molecule has 0 heterocycles. The number of carbonyl (C=O) groups is 1. The van der Waals surface area contributed by atoms with Gasteiger partial charge in [0, 0.05) is 18.6 Å². The molecule has 0 spiro atoms. The second-order valence-electron chi connectivity index (χ2n) is 4.46. The summed E-state index contributed by atoms with van der Waals surface area (Å²) in [6.45, 7) is 1.94. The van der Waals surface area contributed by atoms with E-state index >= 15 is 0 Å². The zero-order valence-electron chi connectivity index (χ0n) is 11.3. The van der Waals surface area contributed by atoms with E-state index < -0.39 is 11.0 Å². The molecule has 0 unspecified atom stereocenters. The average Bonchev–Trinajstić information content (AvgIpc) is 2.45. The van der Waals surface area contributed by atoms with Crippen LogP contribution in [0.25, 0.3) is 0 Å². The fraction of sp³-hybridized carbons (Fsp3) is 0.429. The molecule has 1 aromatic carbocycles. The molecule has 1 rings (SSSR count). The molecule has 0 saturated heterocycles. The Morgan fingerprint density at radius 2 is 2.30 bits per heavy atom. The first-order chi connectivity index (χ1) is 9.56. The number of benzene rings is 1. The van der Waals surface area contributed by atoms with Crippen molar-refractivity contribution >= 4 is 11.6 Å². The van der Waals surface area contributed by atoms with Gasteiger partial charge in [0.25, 0.3) is 5.69 Å². The molecule has 0 aliphatic rings. The fourth-order valence-corrected chi connectivity index (χ4v) is 1.81. The number of aryl methyl sites for hydroxylation is 1. The molecule has 1 aromatic rings. The summed E-state index contributed by atoms with van der Waals surface area (Å²) in [5.41, 5.74) is 0.752. The van der Waals surface area contributed by atoms with Gasteiger partial charge in [0.15, 0.2) is 0 Å².